The second-order valence-corrected chi connectivity index (χ2v) is 5.33. The van der Waals surface area contributed by atoms with Crippen LogP contribution in [0.4, 0.5) is 13.2 Å². The van der Waals surface area contributed by atoms with Crippen LogP contribution in [0.5, 0.6) is 0 Å². The highest BCUT2D eigenvalue weighted by Gasteiger charge is 2.42. The van der Waals surface area contributed by atoms with Gasteiger partial charge in [-0.15, -0.1) is 0 Å². The van der Waals surface area contributed by atoms with Crippen molar-refractivity contribution in [1.29, 1.82) is 0 Å². The summed E-state index contributed by atoms with van der Waals surface area (Å²) in [6.45, 7) is 4.61. The third kappa shape index (κ3) is 5.80. The lowest BCUT2D eigenvalue weighted by atomic mass is 9.85. The molecule has 1 aliphatic rings. The molecule has 0 bridgehead atoms. The number of carbonyl (C=O) groups is 1. The first-order chi connectivity index (χ1) is 8.82. The number of hydrogen-bond donors (Lipinski definition) is 2. The van der Waals surface area contributed by atoms with Crippen LogP contribution in [-0.4, -0.2) is 30.7 Å². The monoisotopic (exact) mass is 280 g/mol. The van der Waals surface area contributed by atoms with Crippen LogP contribution in [0.1, 0.15) is 46.0 Å². The zero-order valence-electron chi connectivity index (χ0n) is 11.5. The highest BCUT2D eigenvalue weighted by atomic mass is 19.4. The van der Waals surface area contributed by atoms with Gasteiger partial charge in [-0.05, 0) is 32.7 Å². The highest BCUT2D eigenvalue weighted by molar-refractivity contribution is 5.76. The Bertz CT molecular complexity index is 294. The van der Waals surface area contributed by atoms with E-state index < -0.39 is 12.1 Å². The number of hydrogen-bond acceptors (Lipinski definition) is 2. The molecule has 0 aliphatic heterocycles. The standard InChI is InChI=1S/C13H23F3N2O/c1-3-17-9(2)7-12(19)18-11-6-4-5-10(8-11)13(14,15)16/h9-11,17H,3-8H2,1-2H3,(H,18,19). The van der Waals surface area contributed by atoms with Gasteiger partial charge in [0.05, 0.1) is 5.92 Å². The third-order valence-electron chi connectivity index (χ3n) is 3.55. The molecule has 0 aromatic rings. The molecule has 0 radical (unpaired) electrons. The molecule has 3 atom stereocenters. The Kier molecular flexibility index (Phi) is 6.10. The fourth-order valence-electron chi connectivity index (χ4n) is 2.60. The lowest BCUT2D eigenvalue weighted by Crippen LogP contribution is -2.43. The number of carbonyl (C=O) groups excluding carboxylic acids is 1. The molecule has 0 heterocycles. The summed E-state index contributed by atoms with van der Waals surface area (Å²) in [4.78, 5) is 11.7. The summed E-state index contributed by atoms with van der Waals surface area (Å²) in [6, 6.07) is -0.284. The Labute approximate surface area is 112 Å². The van der Waals surface area contributed by atoms with Crippen LogP contribution in [0, 0.1) is 5.92 Å². The van der Waals surface area contributed by atoms with Crippen molar-refractivity contribution < 1.29 is 18.0 Å². The maximum absolute atomic E-state index is 12.6. The zero-order chi connectivity index (χ0) is 14.5. The van der Waals surface area contributed by atoms with Crippen molar-refractivity contribution in [3.63, 3.8) is 0 Å². The van der Waals surface area contributed by atoms with Gasteiger partial charge in [0.1, 0.15) is 0 Å². The first-order valence-corrected chi connectivity index (χ1v) is 6.92. The number of nitrogens with one attached hydrogen (secondary N) is 2. The van der Waals surface area contributed by atoms with E-state index in [9.17, 15) is 18.0 Å². The van der Waals surface area contributed by atoms with Gasteiger partial charge in [0.15, 0.2) is 0 Å². The summed E-state index contributed by atoms with van der Waals surface area (Å²) in [5.74, 6) is -1.43. The average molecular weight is 280 g/mol. The number of rotatable bonds is 5. The maximum Gasteiger partial charge on any atom is 0.391 e. The van der Waals surface area contributed by atoms with Gasteiger partial charge in [-0.25, -0.2) is 0 Å². The lowest BCUT2D eigenvalue weighted by molar-refractivity contribution is -0.184. The Morgan fingerprint density at radius 3 is 2.63 bits per heavy atom. The largest absolute Gasteiger partial charge is 0.391 e. The minimum absolute atomic E-state index is 0.0187. The predicted octanol–water partition coefficient (Wildman–Crippen LogP) is 2.61. The second kappa shape index (κ2) is 7.12. The summed E-state index contributed by atoms with van der Waals surface area (Å²) < 4.78 is 37.9. The van der Waals surface area contributed by atoms with Gasteiger partial charge < -0.3 is 10.6 Å². The average Bonchev–Trinajstić information content (AvgIpc) is 2.28. The van der Waals surface area contributed by atoms with Gasteiger partial charge in [-0.2, -0.15) is 13.2 Å². The molecule has 19 heavy (non-hydrogen) atoms. The molecule has 0 aromatic carbocycles. The van der Waals surface area contributed by atoms with Crippen LogP contribution < -0.4 is 10.6 Å². The van der Waals surface area contributed by atoms with Crippen LogP contribution in [0.25, 0.3) is 0 Å². The molecule has 1 amide bonds. The molecule has 0 spiro atoms. The fraction of sp³-hybridized carbons (Fsp3) is 0.923. The summed E-state index contributed by atoms with van der Waals surface area (Å²) in [5, 5.41) is 5.84. The Morgan fingerprint density at radius 1 is 1.37 bits per heavy atom. The minimum atomic E-state index is -4.14. The van der Waals surface area contributed by atoms with E-state index in [0.29, 0.717) is 19.3 Å². The van der Waals surface area contributed by atoms with Crippen LogP contribution in [-0.2, 0) is 4.79 Å². The van der Waals surface area contributed by atoms with E-state index in [1.807, 2.05) is 13.8 Å². The Hall–Kier alpha value is -0.780. The second-order valence-electron chi connectivity index (χ2n) is 5.33. The number of halogens is 3. The van der Waals surface area contributed by atoms with Crippen LogP contribution in [0.3, 0.4) is 0 Å². The van der Waals surface area contributed by atoms with E-state index in [2.05, 4.69) is 10.6 Å². The van der Waals surface area contributed by atoms with Crippen molar-refractivity contribution in [3.8, 4) is 0 Å². The summed E-state index contributed by atoms with van der Waals surface area (Å²) in [6.07, 6.45) is -2.46. The Balaban J connectivity index is 2.38. The van der Waals surface area contributed by atoms with Crippen LogP contribution >= 0.6 is 0 Å². The molecule has 112 valence electrons. The highest BCUT2D eigenvalue weighted by Crippen LogP contribution is 2.37. The molecule has 1 saturated carbocycles. The predicted molar refractivity (Wildman–Crippen MR) is 67.7 cm³/mol. The van der Waals surface area contributed by atoms with Gasteiger partial charge >= 0.3 is 6.18 Å². The molecule has 0 aromatic heterocycles. The maximum atomic E-state index is 12.6. The molecule has 3 unspecified atom stereocenters. The van der Waals surface area contributed by atoms with Crippen molar-refractivity contribution in [2.75, 3.05) is 6.54 Å². The topological polar surface area (TPSA) is 41.1 Å². The van der Waals surface area contributed by atoms with E-state index >= 15 is 0 Å². The fourth-order valence-corrected chi connectivity index (χ4v) is 2.60. The molecule has 1 rings (SSSR count). The van der Waals surface area contributed by atoms with Crippen molar-refractivity contribution in [3.05, 3.63) is 0 Å². The molecule has 1 aliphatic carbocycles. The van der Waals surface area contributed by atoms with E-state index in [1.54, 1.807) is 0 Å². The van der Waals surface area contributed by atoms with Crippen molar-refractivity contribution in [1.82, 2.24) is 10.6 Å². The van der Waals surface area contributed by atoms with E-state index in [4.69, 9.17) is 0 Å². The molecule has 6 heteroatoms. The van der Waals surface area contributed by atoms with Gasteiger partial charge in [0.2, 0.25) is 5.91 Å². The van der Waals surface area contributed by atoms with Gasteiger partial charge in [-0.3, -0.25) is 4.79 Å². The van der Waals surface area contributed by atoms with Crippen molar-refractivity contribution in [2.45, 2.75) is 64.2 Å². The first-order valence-electron chi connectivity index (χ1n) is 6.92. The van der Waals surface area contributed by atoms with E-state index in [0.717, 1.165) is 6.54 Å². The molecular formula is C13H23F3N2O. The van der Waals surface area contributed by atoms with Crippen molar-refractivity contribution in [2.24, 2.45) is 5.92 Å². The molecule has 0 saturated heterocycles. The molecule has 2 N–H and O–H groups in total. The minimum Gasteiger partial charge on any atom is -0.353 e. The molecule has 1 fully saturated rings. The first kappa shape index (κ1) is 16.3. The quantitative estimate of drug-likeness (QED) is 0.813. The summed E-state index contributed by atoms with van der Waals surface area (Å²) in [7, 11) is 0. The zero-order valence-corrected chi connectivity index (χ0v) is 11.5. The SMILES string of the molecule is CCNC(C)CC(=O)NC1CCCC(C(F)(F)F)C1. The third-order valence-corrected chi connectivity index (χ3v) is 3.55. The molecular weight excluding hydrogens is 257 g/mol. The van der Waals surface area contributed by atoms with E-state index in [1.165, 1.54) is 0 Å². The lowest BCUT2D eigenvalue weighted by Gasteiger charge is -2.31. The van der Waals surface area contributed by atoms with Crippen LogP contribution in [0.2, 0.25) is 0 Å². The van der Waals surface area contributed by atoms with Gasteiger partial charge in [0, 0.05) is 18.5 Å². The van der Waals surface area contributed by atoms with Crippen LogP contribution in [0.15, 0.2) is 0 Å². The van der Waals surface area contributed by atoms with Gasteiger partial charge in [-0.1, -0.05) is 13.3 Å². The van der Waals surface area contributed by atoms with Crippen molar-refractivity contribution >= 4 is 5.91 Å². The Morgan fingerprint density at radius 2 is 2.05 bits per heavy atom. The summed E-state index contributed by atoms with van der Waals surface area (Å²) >= 11 is 0. The smallest absolute Gasteiger partial charge is 0.353 e. The number of alkyl halides is 3. The normalized spacial score (nSPS) is 25.9. The summed E-state index contributed by atoms with van der Waals surface area (Å²) in [5.41, 5.74) is 0. The number of amides is 1. The van der Waals surface area contributed by atoms with E-state index in [-0.39, 0.29) is 30.8 Å². The van der Waals surface area contributed by atoms with Gasteiger partial charge in [0.25, 0.3) is 0 Å². The molecule has 3 nitrogen and oxygen atoms in total.